The van der Waals surface area contributed by atoms with Crippen LogP contribution in [0.2, 0.25) is 0 Å². The molecule has 1 aromatic carbocycles. The Labute approximate surface area is 131 Å². The summed E-state index contributed by atoms with van der Waals surface area (Å²) in [6.45, 7) is 0. The number of nitrogens with two attached hydrogens (primary N) is 1. The molecule has 1 unspecified atom stereocenters. The maximum absolute atomic E-state index is 12.4. The van der Waals surface area contributed by atoms with E-state index in [-0.39, 0.29) is 17.5 Å². The average molecular weight is 304 g/mol. The van der Waals surface area contributed by atoms with Crippen LogP contribution < -0.4 is 11.1 Å². The summed E-state index contributed by atoms with van der Waals surface area (Å²) < 4.78 is 0. The highest BCUT2D eigenvalue weighted by atomic mass is 32.2. The molecule has 0 aromatic heterocycles. The van der Waals surface area contributed by atoms with Crippen molar-refractivity contribution in [3.8, 4) is 0 Å². The number of benzene rings is 1. The van der Waals surface area contributed by atoms with Gasteiger partial charge in [-0.05, 0) is 30.9 Å². The Balaban J connectivity index is 1.63. The van der Waals surface area contributed by atoms with Crippen molar-refractivity contribution >= 4 is 17.7 Å². The molecule has 2 aliphatic rings. The fourth-order valence-electron chi connectivity index (χ4n) is 3.49. The van der Waals surface area contributed by atoms with Crippen LogP contribution in [0.25, 0.3) is 0 Å². The van der Waals surface area contributed by atoms with Crippen LogP contribution in [-0.4, -0.2) is 17.2 Å². The minimum Gasteiger partial charge on any atom is -0.349 e. The third-order valence-corrected chi connectivity index (χ3v) is 5.78. The second-order valence-electron chi connectivity index (χ2n) is 6.39. The summed E-state index contributed by atoms with van der Waals surface area (Å²) in [5.41, 5.74) is 7.38. The molecule has 3 nitrogen and oxygen atoms in total. The van der Waals surface area contributed by atoms with Gasteiger partial charge in [0, 0.05) is 22.6 Å². The molecule has 21 heavy (non-hydrogen) atoms. The quantitative estimate of drug-likeness (QED) is 0.900. The second kappa shape index (κ2) is 6.41. The largest absolute Gasteiger partial charge is 0.349 e. The molecule has 1 aliphatic heterocycles. The Hall–Kier alpha value is -1.00. The summed E-state index contributed by atoms with van der Waals surface area (Å²) in [6.07, 6.45) is 7.02. The van der Waals surface area contributed by atoms with Gasteiger partial charge < -0.3 is 11.1 Å². The first-order valence-electron chi connectivity index (χ1n) is 7.96. The van der Waals surface area contributed by atoms with Gasteiger partial charge in [0.15, 0.2) is 0 Å². The SMILES string of the molecule is NC1(CC(=O)NC2CCSc3ccccc32)CCCCC1. The van der Waals surface area contributed by atoms with E-state index in [1.807, 2.05) is 11.8 Å². The van der Waals surface area contributed by atoms with Crippen molar-refractivity contribution in [1.82, 2.24) is 5.32 Å². The van der Waals surface area contributed by atoms with Gasteiger partial charge in [-0.25, -0.2) is 0 Å². The fraction of sp³-hybridized carbons (Fsp3) is 0.588. The van der Waals surface area contributed by atoms with E-state index in [1.54, 1.807) is 0 Å². The van der Waals surface area contributed by atoms with Crippen LogP contribution in [-0.2, 0) is 4.79 Å². The van der Waals surface area contributed by atoms with Crippen molar-refractivity contribution in [2.75, 3.05) is 5.75 Å². The third-order valence-electron chi connectivity index (χ3n) is 4.66. The first kappa shape index (κ1) is 14.9. The standard InChI is InChI=1S/C17H24N2OS/c18-17(9-4-1-5-10-17)12-16(20)19-14-8-11-21-15-7-3-2-6-13(14)15/h2-3,6-7,14H,1,4-5,8-12,18H2,(H,19,20). The topological polar surface area (TPSA) is 55.1 Å². The minimum atomic E-state index is -0.273. The maximum Gasteiger partial charge on any atom is 0.222 e. The van der Waals surface area contributed by atoms with Gasteiger partial charge in [0.2, 0.25) is 5.91 Å². The molecule has 1 amide bonds. The number of carbonyl (C=O) groups excluding carboxylic acids is 1. The van der Waals surface area contributed by atoms with E-state index in [9.17, 15) is 4.79 Å². The molecule has 3 rings (SSSR count). The predicted octanol–water partition coefficient (Wildman–Crippen LogP) is 3.39. The van der Waals surface area contributed by atoms with Gasteiger partial charge in [-0.2, -0.15) is 0 Å². The number of thioether (sulfide) groups is 1. The molecule has 1 atom stereocenters. The molecule has 0 saturated heterocycles. The summed E-state index contributed by atoms with van der Waals surface area (Å²) in [7, 11) is 0. The number of carbonyl (C=O) groups is 1. The van der Waals surface area contributed by atoms with Crippen LogP contribution in [0.3, 0.4) is 0 Å². The molecular formula is C17H24N2OS. The molecule has 0 bridgehead atoms. The van der Waals surface area contributed by atoms with Crippen molar-refractivity contribution < 1.29 is 4.79 Å². The predicted molar refractivity (Wildman–Crippen MR) is 87.3 cm³/mol. The van der Waals surface area contributed by atoms with Crippen molar-refractivity contribution in [3.05, 3.63) is 29.8 Å². The Kier molecular flexibility index (Phi) is 4.55. The van der Waals surface area contributed by atoms with Crippen LogP contribution in [0.1, 0.15) is 56.6 Å². The zero-order chi connectivity index (χ0) is 14.7. The van der Waals surface area contributed by atoms with Gasteiger partial charge >= 0.3 is 0 Å². The lowest BCUT2D eigenvalue weighted by atomic mass is 9.80. The molecule has 3 N–H and O–H groups in total. The summed E-state index contributed by atoms with van der Waals surface area (Å²) in [5.74, 6) is 1.18. The Morgan fingerprint density at radius 1 is 1.29 bits per heavy atom. The number of nitrogens with one attached hydrogen (secondary N) is 1. The average Bonchev–Trinajstić information content (AvgIpc) is 2.48. The van der Waals surface area contributed by atoms with E-state index in [4.69, 9.17) is 5.73 Å². The minimum absolute atomic E-state index is 0.117. The van der Waals surface area contributed by atoms with Crippen molar-refractivity contribution in [2.45, 2.75) is 61.4 Å². The van der Waals surface area contributed by atoms with E-state index >= 15 is 0 Å². The van der Waals surface area contributed by atoms with Crippen molar-refractivity contribution in [2.24, 2.45) is 5.73 Å². The normalized spacial score (nSPS) is 24.1. The number of amides is 1. The first-order valence-corrected chi connectivity index (χ1v) is 8.95. The van der Waals surface area contributed by atoms with Gasteiger partial charge in [0.1, 0.15) is 0 Å². The number of hydrogen-bond acceptors (Lipinski definition) is 3. The van der Waals surface area contributed by atoms with Gasteiger partial charge in [0.05, 0.1) is 6.04 Å². The number of rotatable bonds is 3. The third kappa shape index (κ3) is 3.61. The highest BCUT2D eigenvalue weighted by Crippen LogP contribution is 2.36. The molecule has 114 valence electrons. The van der Waals surface area contributed by atoms with Crippen LogP contribution in [0, 0.1) is 0 Å². The lowest BCUT2D eigenvalue weighted by molar-refractivity contribution is -0.123. The van der Waals surface area contributed by atoms with E-state index in [0.29, 0.717) is 6.42 Å². The monoisotopic (exact) mass is 304 g/mol. The van der Waals surface area contributed by atoms with E-state index in [1.165, 1.54) is 16.9 Å². The Morgan fingerprint density at radius 2 is 2.05 bits per heavy atom. The lowest BCUT2D eigenvalue weighted by Crippen LogP contribution is -2.46. The molecule has 1 saturated carbocycles. The smallest absolute Gasteiger partial charge is 0.222 e. The Bertz CT molecular complexity index is 511. The van der Waals surface area contributed by atoms with E-state index in [0.717, 1.165) is 37.9 Å². The van der Waals surface area contributed by atoms with Gasteiger partial charge in [-0.1, -0.05) is 37.5 Å². The molecule has 1 aromatic rings. The van der Waals surface area contributed by atoms with Gasteiger partial charge in [0.25, 0.3) is 0 Å². The van der Waals surface area contributed by atoms with Crippen LogP contribution >= 0.6 is 11.8 Å². The molecule has 1 aliphatic carbocycles. The molecule has 4 heteroatoms. The fourth-order valence-corrected chi connectivity index (χ4v) is 4.62. The summed E-state index contributed by atoms with van der Waals surface area (Å²) in [6, 6.07) is 8.54. The van der Waals surface area contributed by atoms with Gasteiger partial charge in [-0.3, -0.25) is 4.79 Å². The van der Waals surface area contributed by atoms with Crippen LogP contribution in [0.15, 0.2) is 29.2 Å². The van der Waals surface area contributed by atoms with Gasteiger partial charge in [-0.15, -0.1) is 11.8 Å². The first-order chi connectivity index (χ1) is 10.2. The van der Waals surface area contributed by atoms with E-state index in [2.05, 4.69) is 29.6 Å². The Morgan fingerprint density at radius 3 is 2.86 bits per heavy atom. The lowest BCUT2D eigenvalue weighted by Gasteiger charge is -2.34. The van der Waals surface area contributed by atoms with E-state index < -0.39 is 0 Å². The summed E-state index contributed by atoms with van der Waals surface area (Å²) >= 11 is 1.88. The van der Waals surface area contributed by atoms with Crippen LogP contribution in [0.5, 0.6) is 0 Å². The highest BCUT2D eigenvalue weighted by Gasteiger charge is 2.31. The molecule has 0 radical (unpaired) electrons. The number of fused-ring (bicyclic) bond motifs is 1. The molecule has 1 heterocycles. The van der Waals surface area contributed by atoms with Crippen molar-refractivity contribution in [3.63, 3.8) is 0 Å². The molecule has 0 spiro atoms. The maximum atomic E-state index is 12.4. The van der Waals surface area contributed by atoms with Crippen LogP contribution in [0.4, 0.5) is 0 Å². The van der Waals surface area contributed by atoms with Crippen molar-refractivity contribution in [1.29, 1.82) is 0 Å². The summed E-state index contributed by atoms with van der Waals surface area (Å²) in [4.78, 5) is 13.7. The zero-order valence-corrected chi connectivity index (χ0v) is 13.3. The molecule has 1 fully saturated rings. The summed E-state index contributed by atoms with van der Waals surface area (Å²) in [5, 5.41) is 3.22. The zero-order valence-electron chi connectivity index (χ0n) is 12.4. The highest BCUT2D eigenvalue weighted by molar-refractivity contribution is 7.99. The second-order valence-corrected chi connectivity index (χ2v) is 7.53. The number of hydrogen-bond donors (Lipinski definition) is 2. The molecular weight excluding hydrogens is 280 g/mol.